The van der Waals surface area contributed by atoms with E-state index in [0.29, 0.717) is 32.0 Å². The number of carbonyl (C=O) groups excluding carboxylic acids is 1. The molecule has 1 aliphatic rings. The average Bonchev–Trinajstić information content (AvgIpc) is 2.42. The molecule has 2 rings (SSSR count). The number of benzene rings is 1. The maximum Gasteiger partial charge on any atom is 0.307 e. The summed E-state index contributed by atoms with van der Waals surface area (Å²) in [6.07, 6.45) is 1.20. The summed E-state index contributed by atoms with van der Waals surface area (Å²) in [5.74, 6) is -2.08. The highest BCUT2D eigenvalue weighted by atomic mass is 19.1. The molecule has 1 fully saturated rings. The number of nitrogens with zero attached hydrogens (tertiary/aromatic N) is 2. The first-order chi connectivity index (χ1) is 9.88. The van der Waals surface area contributed by atoms with Crippen LogP contribution in [0.4, 0.5) is 20.2 Å². The molecule has 1 heterocycles. The van der Waals surface area contributed by atoms with Gasteiger partial charge >= 0.3 is 5.69 Å². The first-order valence-corrected chi connectivity index (χ1v) is 6.54. The highest BCUT2D eigenvalue weighted by Crippen LogP contribution is 2.27. The van der Waals surface area contributed by atoms with E-state index in [1.165, 1.54) is 6.92 Å². The van der Waals surface area contributed by atoms with Gasteiger partial charge in [-0.3, -0.25) is 14.9 Å². The molecule has 8 heteroatoms. The third-order valence-corrected chi connectivity index (χ3v) is 3.53. The molecule has 1 aromatic carbocycles. The lowest BCUT2D eigenvalue weighted by atomic mass is 10.0. The Hall–Kier alpha value is -2.25. The van der Waals surface area contributed by atoms with Crippen molar-refractivity contribution in [3.05, 3.63) is 33.9 Å². The van der Waals surface area contributed by atoms with E-state index in [1.807, 2.05) is 0 Å². The van der Waals surface area contributed by atoms with Crippen molar-refractivity contribution in [3.8, 4) is 0 Å². The summed E-state index contributed by atoms with van der Waals surface area (Å²) in [5.41, 5.74) is -0.857. The number of anilines is 1. The van der Waals surface area contributed by atoms with Gasteiger partial charge in [0.25, 0.3) is 0 Å². The van der Waals surface area contributed by atoms with Crippen molar-refractivity contribution in [3.63, 3.8) is 0 Å². The third kappa shape index (κ3) is 3.45. The van der Waals surface area contributed by atoms with Gasteiger partial charge in [-0.15, -0.1) is 0 Å². The van der Waals surface area contributed by atoms with Crippen molar-refractivity contribution in [2.45, 2.75) is 25.8 Å². The summed E-state index contributed by atoms with van der Waals surface area (Å²) >= 11 is 0. The number of carbonyl (C=O) groups is 1. The van der Waals surface area contributed by atoms with Crippen LogP contribution < -0.4 is 5.32 Å². The Labute approximate surface area is 119 Å². The molecule has 0 radical (unpaired) electrons. The second kappa shape index (κ2) is 6.02. The van der Waals surface area contributed by atoms with Crippen molar-refractivity contribution in [2.24, 2.45) is 0 Å². The highest BCUT2D eigenvalue weighted by Gasteiger charge is 2.23. The molecule has 1 N–H and O–H groups in total. The molecule has 0 aliphatic carbocycles. The molecule has 114 valence electrons. The molecule has 1 aromatic rings. The molecular formula is C13H15F2N3O3. The van der Waals surface area contributed by atoms with Crippen molar-refractivity contribution >= 4 is 17.3 Å². The quantitative estimate of drug-likeness (QED) is 0.686. The summed E-state index contributed by atoms with van der Waals surface area (Å²) in [6, 6.07) is 1.26. The fourth-order valence-corrected chi connectivity index (χ4v) is 2.35. The van der Waals surface area contributed by atoms with Gasteiger partial charge in [0.2, 0.25) is 11.7 Å². The zero-order valence-electron chi connectivity index (χ0n) is 11.4. The minimum absolute atomic E-state index is 0.0166. The predicted molar refractivity (Wildman–Crippen MR) is 71.9 cm³/mol. The number of nitro groups is 1. The van der Waals surface area contributed by atoms with Crippen molar-refractivity contribution in [1.82, 2.24) is 4.90 Å². The maximum absolute atomic E-state index is 13.7. The van der Waals surface area contributed by atoms with Crippen molar-refractivity contribution in [1.29, 1.82) is 0 Å². The lowest BCUT2D eigenvalue weighted by molar-refractivity contribution is -0.387. The molecule has 0 atom stereocenters. The first kappa shape index (κ1) is 15.1. The zero-order chi connectivity index (χ0) is 15.6. The van der Waals surface area contributed by atoms with Crippen LogP contribution in [0.5, 0.6) is 0 Å². The number of nitro benzene ring substituents is 1. The third-order valence-electron chi connectivity index (χ3n) is 3.53. The van der Waals surface area contributed by atoms with E-state index < -0.39 is 22.2 Å². The summed E-state index contributed by atoms with van der Waals surface area (Å²) in [6.45, 7) is 2.56. The predicted octanol–water partition coefficient (Wildman–Crippen LogP) is 2.30. The minimum Gasteiger partial charge on any atom is -0.380 e. The lowest BCUT2D eigenvalue weighted by Gasteiger charge is -2.32. The topological polar surface area (TPSA) is 75.5 Å². The number of rotatable bonds is 3. The van der Waals surface area contributed by atoms with E-state index in [2.05, 4.69) is 5.32 Å². The molecular weight excluding hydrogens is 284 g/mol. The van der Waals surface area contributed by atoms with Crippen LogP contribution in [0.15, 0.2) is 12.1 Å². The molecule has 0 bridgehead atoms. The number of piperidine rings is 1. The number of hydrogen-bond acceptors (Lipinski definition) is 4. The summed E-state index contributed by atoms with van der Waals surface area (Å²) in [5, 5.41) is 13.5. The summed E-state index contributed by atoms with van der Waals surface area (Å²) < 4.78 is 26.9. The fourth-order valence-electron chi connectivity index (χ4n) is 2.35. The summed E-state index contributed by atoms with van der Waals surface area (Å²) in [7, 11) is 0. The molecule has 0 unspecified atom stereocenters. The van der Waals surface area contributed by atoms with Gasteiger partial charge in [0.15, 0.2) is 0 Å². The highest BCUT2D eigenvalue weighted by molar-refractivity contribution is 5.73. The standard InChI is InChI=1S/C13H15F2N3O3/c1-8(19)17-4-2-9(3-5-17)16-12-7-13(18(20)21)11(15)6-10(12)14/h6-7,9,16H,2-5H2,1H3. The maximum atomic E-state index is 13.7. The van der Waals surface area contributed by atoms with Gasteiger partial charge in [-0.25, -0.2) is 4.39 Å². The minimum atomic E-state index is -1.20. The van der Waals surface area contributed by atoms with E-state index in [9.17, 15) is 23.7 Å². The van der Waals surface area contributed by atoms with Crippen LogP contribution in [0.2, 0.25) is 0 Å². The van der Waals surface area contributed by atoms with Crippen LogP contribution in [0.1, 0.15) is 19.8 Å². The van der Waals surface area contributed by atoms with Gasteiger partial charge in [0.1, 0.15) is 5.82 Å². The molecule has 0 saturated carbocycles. The first-order valence-electron chi connectivity index (χ1n) is 6.54. The molecule has 21 heavy (non-hydrogen) atoms. The number of hydrogen-bond donors (Lipinski definition) is 1. The Bertz CT molecular complexity index is 572. The molecule has 1 aliphatic heterocycles. The van der Waals surface area contributed by atoms with Gasteiger partial charge in [-0.2, -0.15) is 4.39 Å². The monoisotopic (exact) mass is 299 g/mol. The van der Waals surface area contributed by atoms with Gasteiger partial charge in [-0.1, -0.05) is 0 Å². The Morgan fingerprint density at radius 2 is 1.95 bits per heavy atom. The van der Waals surface area contributed by atoms with Gasteiger partial charge in [-0.05, 0) is 12.8 Å². The molecule has 0 spiro atoms. The van der Waals surface area contributed by atoms with Crippen LogP contribution in [-0.4, -0.2) is 34.9 Å². The van der Waals surface area contributed by atoms with Crippen molar-refractivity contribution in [2.75, 3.05) is 18.4 Å². The van der Waals surface area contributed by atoms with Crippen LogP contribution in [0.3, 0.4) is 0 Å². The van der Waals surface area contributed by atoms with Crippen LogP contribution in [0, 0.1) is 21.7 Å². The van der Waals surface area contributed by atoms with Gasteiger partial charge < -0.3 is 10.2 Å². The molecule has 1 amide bonds. The molecule has 0 aromatic heterocycles. The second-order valence-electron chi connectivity index (χ2n) is 4.97. The van der Waals surface area contributed by atoms with Crippen LogP contribution in [-0.2, 0) is 4.79 Å². The SMILES string of the molecule is CC(=O)N1CCC(Nc2cc([N+](=O)[O-])c(F)cc2F)CC1. The van der Waals surface area contributed by atoms with Crippen LogP contribution >= 0.6 is 0 Å². The van der Waals surface area contributed by atoms with Crippen molar-refractivity contribution < 1.29 is 18.5 Å². The number of amides is 1. The molecule has 1 saturated heterocycles. The number of halogens is 2. The summed E-state index contributed by atoms with van der Waals surface area (Å²) in [4.78, 5) is 22.7. The van der Waals surface area contributed by atoms with E-state index in [1.54, 1.807) is 4.90 Å². The van der Waals surface area contributed by atoms with Crippen LogP contribution in [0.25, 0.3) is 0 Å². The average molecular weight is 299 g/mol. The van der Waals surface area contributed by atoms with E-state index in [0.717, 1.165) is 6.07 Å². The Morgan fingerprint density at radius 3 is 2.48 bits per heavy atom. The van der Waals surface area contributed by atoms with Gasteiger partial charge in [0, 0.05) is 38.2 Å². The van der Waals surface area contributed by atoms with E-state index in [4.69, 9.17) is 0 Å². The fraction of sp³-hybridized carbons (Fsp3) is 0.462. The molecule has 6 nitrogen and oxygen atoms in total. The Kier molecular flexibility index (Phi) is 4.35. The van der Waals surface area contributed by atoms with E-state index >= 15 is 0 Å². The Balaban J connectivity index is 2.08. The largest absolute Gasteiger partial charge is 0.380 e. The van der Waals surface area contributed by atoms with E-state index in [-0.39, 0.29) is 17.6 Å². The lowest BCUT2D eigenvalue weighted by Crippen LogP contribution is -2.41. The number of nitrogens with one attached hydrogen (secondary N) is 1. The Morgan fingerprint density at radius 1 is 1.33 bits per heavy atom. The second-order valence-corrected chi connectivity index (χ2v) is 4.97. The normalized spacial score (nSPS) is 15.9. The van der Waals surface area contributed by atoms with Gasteiger partial charge in [0.05, 0.1) is 10.6 Å². The zero-order valence-corrected chi connectivity index (χ0v) is 11.4. The number of likely N-dealkylation sites (tertiary alicyclic amines) is 1. The smallest absolute Gasteiger partial charge is 0.307 e.